The van der Waals surface area contributed by atoms with Gasteiger partial charge in [0.05, 0.1) is 18.4 Å². The van der Waals surface area contributed by atoms with Crippen LogP contribution in [0.4, 0.5) is 0 Å². The van der Waals surface area contributed by atoms with Gasteiger partial charge in [0.1, 0.15) is 18.2 Å². The number of nitrogens with zero attached hydrogens (tertiary/aromatic N) is 3. The van der Waals surface area contributed by atoms with Crippen LogP contribution in [-0.2, 0) is 0 Å². The maximum atomic E-state index is 9.49. The fourth-order valence-corrected chi connectivity index (χ4v) is 1.52. The molecule has 0 saturated heterocycles. The number of ether oxygens (including phenoxy) is 1. The Balaban J connectivity index is 3.09. The predicted molar refractivity (Wildman–Crippen MR) is 79.8 cm³/mol. The number of benzene rings is 1. The molecule has 0 aromatic heterocycles. The summed E-state index contributed by atoms with van der Waals surface area (Å²) < 4.78 is 4.98. The molecular weight excluding hydrogens is 280 g/mol. The smallest absolute Gasteiger partial charge is 0.161 e. The largest absolute Gasteiger partial charge is 0.504 e. The zero-order valence-corrected chi connectivity index (χ0v) is 11.7. The minimum atomic E-state index is -0.312. The van der Waals surface area contributed by atoms with Crippen LogP contribution in [0.15, 0.2) is 47.2 Å². The van der Waals surface area contributed by atoms with Gasteiger partial charge in [-0.1, -0.05) is 18.2 Å². The molecule has 1 rings (SSSR count). The molecule has 0 radical (unpaired) electrons. The zero-order chi connectivity index (χ0) is 16.5. The summed E-state index contributed by atoms with van der Waals surface area (Å²) in [5.74, 6) is 0.343. The molecule has 0 amide bonds. The molecule has 0 atom stereocenters. The van der Waals surface area contributed by atoms with Gasteiger partial charge < -0.3 is 15.6 Å². The van der Waals surface area contributed by atoms with E-state index in [4.69, 9.17) is 26.3 Å². The van der Waals surface area contributed by atoms with Crippen LogP contribution in [0, 0.1) is 34.0 Å². The number of nitrogens with two attached hydrogens (primary N) is 1. The Morgan fingerprint density at radius 3 is 2.45 bits per heavy atom. The van der Waals surface area contributed by atoms with Crippen molar-refractivity contribution in [2.75, 3.05) is 7.11 Å². The van der Waals surface area contributed by atoms with Crippen molar-refractivity contribution in [3.8, 4) is 29.7 Å². The van der Waals surface area contributed by atoms with Crippen LogP contribution >= 0.6 is 0 Å². The SMILES string of the molecule is COc1cc(/C=C/C=C(\C#N)C(N)=C(C#N)C#N)ccc1O. The third-order valence-electron chi connectivity index (χ3n) is 2.66. The van der Waals surface area contributed by atoms with E-state index in [1.54, 1.807) is 36.4 Å². The highest BCUT2D eigenvalue weighted by atomic mass is 16.5. The molecule has 6 nitrogen and oxygen atoms in total. The molecule has 0 fully saturated rings. The third kappa shape index (κ3) is 3.90. The van der Waals surface area contributed by atoms with Crippen LogP contribution < -0.4 is 10.5 Å². The highest BCUT2D eigenvalue weighted by Crippen LogP contribution is 2.26. The summed E-state index contributed by atoms with van der Waals surface area (Å²) >= 11 is 0. The fourth-order valence-electron chi connectivity index (χ4n) is 1.52. The van der Waals surface area contributed by atoms with Gasteiger partial charge in [-0.05, 0) is 23.8 Å². The van der Waals surface area contributed by atoms with Gasteiger partial charge in [0.15, 0.2) is 17.1 Å². The van der Waals surface area contributed by atoms with Gasteiger partial charge in [-0.2, -0.15) is 15.8 Å². The van der Waals surface area contributed by atoms with E-state index in [2.05, 4.69) is 0 Å². The molecule has 0 aliphatic heterocycles. The second-order valence-electron chi connectivity index (χ2n) is 3.99. The number of methoxy groups -OCH3 is 1. The summed E-state index contributed by atoms with van der Waals surface area (Å²) in [5.41, 5.74) is 5.86. The van der Waals surface area contributed by atoms with Gasteiger partial charge in [-0.15, -0.1) is 0 Å². The number of phenolic OH excluding ortho intramolecular Hbond substituents is 1. The summed E-state index contributed by atoms with van der Waals surface area (Å²) in [6.07, 6.45) is 4.60. The average Bonchev–Trinajstić information content (AvgIpc) is 2.54. The van der Waals surface area contributed by atoms with E-state index in [1.807, 2.05) is 6.07 Å². The van der Waals surface area contributed by atoms with E-state index in [0.29, 0.717) is 5.75 Å². The summed E-state index contributed by atoms with van der Waals surface area (Å²) in [7, 11) is 1.44. The standard InChI is InChI=1S/C16H12N4O2/c1-22-15-7-11(5-6-14(15)21)3-2-4-12(8-17)16(20)13(9-18)10-19/h2-7,21H,20H2,1H3/b3-2+,12-4+. The van der Waals surface area contributed by atoms with Crippen molar-refractivity contribution in [3.05, 3.63) is 52.8 Å². The Hall–Kier alpha value is -3.69. The maximum Gasteiger partial charge on any atom is 0.161 e. The molecule has 6 heteroatoms. The molecule has 0 spiro atoms. The van der Waals surface area contributed by atoms with Crippen LogP contribution in [-0.4, -0.2) is 12.2 Å². The molecule has 0 aliphatic rings. The maximum absolute atomic E-state index is 9.49. The molecule has 0 unspecified atom stereocenters. The molecule has 22 heavy (non-hydrogen) atoms. The van der Waals surface area contributed by atoms with Crippen LogP contribution in [0.25, 0.3) is 6.08 Å². The van der Waals surface area contributed by atoms with Crippen molar-refractivity contribution in [1.82, 2.24) is 0 Å². The summed E-state index contributed by atoms with van der Waals surface area (Å²) in [4.78, 5) is 0. The van der Waals surface area contributed by atoms with Gasteiger partial charge in [0.25, 0.3) is 0 Å². The Kier molecular flexibility index (Phi) is 5.80. The van der Waals surface area contributed by atoms with Crippen LogP contribution in [0.2, 0.25) is 0 Å². The Morgan fingerprint density at radius 1 is 1.23 bits per heavy atom. The number of hydrogen-bond donors (Lipinski definition) is 2. The van der Waals surface area contributed by atoms with E-state index >= 15 is 0 Å². The van der Waals surface area contributed by atoms with Gasteiger partial charge in [-0.3, -0.25) is 0 Å². The van der Waals surface area contributed by atoms with Crippen molar-refractivity contribution >= 4 is 6.08 Å². The van der Waals surface area contributed by atoms with E-state index in [9.17, 15) is 5.11 Å². The number of phenols is 1. The Morgan fingerprint density at radius 2 is 1.91 bits per heavy atom. The monoisotopic (exact) mass is 292 g/mol. The second-order valence-corrected chi connectivity index (χ2v) is 3.99. The lowest BCUT2D eigenvalue weighted by Crippen LogP contribution is -2.03. The van der Waals surface area contributed by atoms with Gasteiger partial charge in [0, 0.05) is 0 Å². The molecule has 0 bridgehead atoms. The number of rotatable bonds is 4. The summed E-state index contributed by atoms with van der Waals surface area (Å²) in [5, 5.41) is 36.0. The van der Waals surface area contributed by atoms with Crippen molar-refractivity contribution in [2.24, 2.45) is 5.73 Å². The first-order valence-electron chi connectivity index (χ1n) is 6.03. The van der Waals surface area contributed by atoms with Crippen LogP contribution in [0.5, 0.6) is 11.5 Å². The van der Waals surface area contributed by atoms with Crippen molar-refractivity contribution in [3.63, 3.8) is 0 Å². The van der Waals surface area contributed by atoms with E-state index in [1.165, 1.54) is 19.3 Å². The van der Waals surface area contributed by atoms with Crippen molar-refractivity contribution < 1.29 is 9.84 Å². The minimum absolute atomic E-state index is 0.0140. The Labute approximate surface area is 127 Å². The highest BCUT2D eigenvalue weighted by molar-refractivity contribution is 5.59. The lowest BCUT2D eigenvalue weighted by atomic mass is 10.1. The van der Waals surface area contributed by atoms with Gasteiger partial charge in [-0.25, -0.2) is 0 Å². The molecule has 3 N–H and O–H groups in total. The van der Waals surface area contributed by atoms with Crippen LogP contribution in [0.1, 0.15) is 5.56 Å². The topological polar surface area (TPSA) is 127 Å². The van der Waals surface area contributed by atoms with Crippen molar-refractivity contribution in [2.45, 2.75) is 0 Å². The quantitative estimate of drug-likeness (QED) is 0.646. The van der Waals surface area contributed by atoms with Gasteiger partial charge >= 0.3 is 0 Å². The molecule has 108 valence electrons. The highest BCUT2D eigenvalue weighted by Gasteiger charge is 2.06. The summed E-state index contributed by atoms with van der Waals surface area (Å²) in [6.45, 7) is 0. The predicted octanol–water partition coefficient (Wildman–Crippen LogP) is 2.12. The van der Waals surface area contributed by atoms with Crippen molar-refractivity contribution in [1.29, 1.82) is 15.8 Å². The first-order chi connectivity index (χ1) is 10.6. The second kappa shape index (κ2) is 7.79. The third-order valence-corrected chi connectivity index (χ3v) is 2.66. The normalized spacial score (nSPS) is 10.4. The van der Waals surface area contributed by atoms with Crippen LogP contribution in [0.3, 0.4) is 0 Å². The number of hydrogen-bond acceptors (Lipinski definition) is 6. The minimum Gasteiger partial charge on any atom is -0.504 e. The van der Waals surface area contributed by atoms with E-state index < -0.39 is 0 Å². The fraction of sp³-hybridized carbons (Fsp3) is 0.0625. The van der Waals surface area contributed by atoms with E-state index in [0.717, 1.165) is 5.56 Å². The molecule has 0 heterocycles. The Bertz CT molecular complexity index is 768. The number of allylic oxidation sites excluding steroid dienone is 4. The first-order valence-corrected chi connectivity index (χ1v) is 6.03. The lowest BCUT2D eigenvalue weighted by molar-refractivity contribution is 0.373. The molecule has 1 aromatic rings. The molecular formula is C16H12N4O2. The zero-order valence-electron chi connectivity index (χ0n) is 11.7. The lowest BCUT2D eigenvalue weighted by Gasteiger charge is -2.03. The van der Waals surface area contributed by atoms with E-state index in [-0.39, 0.29) is 22.6 Å². The molecule has 0 saturated carbocycles. The molecule has 0 aliphatic carbocycles. The summed E-state index contributed by atoms with van der Waals surface area (Å²) in [6, 6.07) is 9.83. The number of nitriles is 3. The average molecular weight is 292 g/mol. The first kappa shape index (κ1) is 16.4. The number of aromatic hydroxyl groups is 1. The molecule has 1 aromatic carbocycles. The van der Waals surface area contributed by atoms with Gasteiger partial charge in [0.2, 0.25) is 0 Å².